The summed E-state index contributed by atoms with van der Waals surface area (Å²) in [7, 11) is 0. The van der Waals surface area contributed by atoms with Crippen molar-refractivity contribution in [2.45, 2.75) is 32.9 Å². The van der Waals surface area contributed by atoms with Gasteiger partial charge in [-0.15, -0.1) is 11.3 Å². The molecule has 1 heterocycles. The third-order valence-electron chi connectivity index (χ3n) is 3.33. The number of para-hydroxylation sites is 1. The molecule has 0 radical (unpaired) electrons. The largest absolute Gasteiger partial charge is 0.388 e. The van der Waals surface area contributed by atoms with Gasteiger partial charge in [0.2, 0.25) is 0 Å². The molecule has 102 valence electrons. The second-order valence-corrected chi connectivity index (χ2v) is 5.61. The fourth-order valence-corrected chi connectivity index (χ4v) is 2.95. The molecule has 1 aromatic carbocycles. The molecule has 1 atom stereocenters. The summed E-state index contributed by atoms with van der Waals surface area (Å²) in [6, 6.07) is 12.4. The van der Waals surface area contributed by atoms with Crippen molar-refractivity contribution in [2.24, 2.45) is 0 Å². The molecule has 2 aromatic rings. The normalized spacial score (nSPS) is 12.4. The van der Waals surface area contributed by atoms with Gasteiger partial charge in [0.05, 0.1) is 12.6 Å². The van der Waals surface area contributed by atoms with Crippen molar-refractivity contribution in [2.75, 3.05) is 11.4 Å². The predicted molar refractivity (Wildman–Crippen MR) is 82.7 cm³/mol. The smallest absolute Gasteiger partial charge is 0.0807 e. The van der Waals surface area contributed by atoms with Crippen LogP contribution < -0.4 is 4.90 Å². The molecule has 0 unspecified atom stereocenters. The van der Waals surface area contributed by atoms with Crippen LogP contribution in [-0.2, 0) is 6.54 Å². The van der Waals surface area contributed by atoms with E-state index in [1.807, 2.05) is 25.1 Å². The Morgan fingerprint density at radius 1 is 1.16 bits per heavy atom. The zero-order valence-electron chi connectivity index (χ0n) is 11.5. The van der Waals surface area contributed by atoms with Gasteiger partial charge < -0.3 is 10.0 Å². The molecule has 0 bridgehead atoms. The van der Waals surface area contributed by atoms with Gasteiger partial charge in [-0.3, -0.25) is 0 Å². The molecule has 0 aliphatic rings. The summed E-state index contributed by atoms with van der Waals surface area (Å²) in [5.41, 5.74) is 2.18. The highest BCUT2D eigenvalue weighted by Crippen LogP contribution is 2.29. The van der Waals surface area contributed by atoms with Gasteiger partial charge in [-0.25, -0.2) is 0 Å². The van der Waals surface area contributed by atoms with Crippen LogP contribution in [0.2, 0.25) is 0 Å². The van der Waals surface area contributed by atoms with E-state index in [9.17, 15) is 5.11 Å². The average molecular weight is 275 g/mol. The lowest BCUT2D eigenvalue weighted by Crippen LogP contribution is -2.23. The summed E-state index contributed by atoms with van der Waals surface area (Å²) in [5, 5.41) is 12.3. The molecule has 3 heteroatoms. The molecule has 0 amide bonds. The minimum Gasteiger partial charge on any atom is -0.388 e. The van der Waals surface area contributed by atoms with Crippen molar-refractivity contribution in [3.63, 3.8) is 0 Å². The van der Waals surface area contributed by atoms with Gasteiger partial charge in [-0.05, 0) is 30.9 Å². The molecule has 0 aliphatic carbocycles. The van der Waals surface area contributed by atoms with E-state index in [2.05, 4.69) is 35.4 Å². The van der Waals surface area contributed by atoms with Crippen molar-refractivity contribution in [1.29, 1.82) is 0 Å². The van der Waals surface area contributed by atoms with Gasteiger partial charge >= 0.3 is 0 Å². The van der Waals surface area contributed by atoms with E-state index in [0.29, 0.717) is 0 Å². The first-order valence-electron chi connectivity index (χ1n) is 6.80. The second-order valence-electron chi connectivity index (χ2n) is 4.58. The SMILES string of the molecule is CC[C@@H](O)c1ccccc1N(CC)Cc1cccs1. The lowest BCUT2D eigenvalue weighted by atomic mass is 10.0. The lowest BCUT2D eigenvalue weighted by molar-refractivity contribution is 0.174. The van der Waals surface area contributed by atoms with Crippen molar-refractivity contribution >= 4 is 17.0 Å². The number of benzene rings is 1. The van der Waals surface area contributed by atoms with Crippen LogP contribution in [0.5, 0.6) is 0 Å². The first-order chi connectivity index (χ1) is 9.26. The Balaban J connectivity index is 2.27. The summed E-state index contributed by atoms with van der Waals surface area (Å²) < 4.78 is 0. The number of anilines is 1. The number of rotatable bonds is 6. The van der Waals surface area contributed by atoms with Crippen LogP contribution >= 0.6 is 11.3 Å². The molecule has 1 aromatic heterocycles. The first-order valence-corrected chi connectivity index (χ1v) is 7.68. The summed E-state index contributed by atoms with van der Waals surface area (Å²) >= 11 is 1.78. The Bertz CT molecular complexity index is 495. The van der Waals surface area contributed by atoms with Crippen LogP contribution in [0.3, 0.4) is 0 Å². The zero-order valence-corrected chi connectivity index (χ0v) is 12.4. The van der Waals surface area contributed by atoms with Crippen molar-refractivity contribution in [3.05, 3.63) is 52.2 Å². The fraction of sp³-hybridized carbons (Fsp3) is 0.375. The van der Waals surface area contributed by atoms with Crippen LogP contribution in [0.25, 0.3) is 0 Å². The van der Waals surface area contributed by atoms with E-state index in [1.165, 1.54) is 4.88 Å². The second kappa shape index (κ2) is 6.73. The summed E-state index contributed by atoms with van der Waals surface area (Å²) in [6.45, 7) is 6.01. The molecule has 19 heavy (non-hydrogen) atoms. The topological polar surface area (TPSA) is 23.5 Å². The van der Waals surface area contributed by atoms with Gasteiger partial charge in [0.1, 0.15) is 0 Å². The Morgan fingerprint density at radius 2 is 1.95 bits per heavy atom. The molecule has 0 fully saturated rings. The van der Waals surface area contributed by atoms with Gasteiger partial charge in [0.25, 0.3) is 0 Å². The quantitative estimate of drug-likeness (QED) is 0.853. The third kappa shape index (κ3) is 3.37. The van der Waals surface area contributed by atoms with Crippen LogP contribution in [0.1, 0.15) is 36.8 Å². The molecule has 2 nitrogen and oxygen atoms in total. The molecule has 1 N–H and O–H groups in total. The molecular formula is C16H21NOS. The summed E-state index contributed by atoms with van der Waals surface area (Å²) in [6.07, 6.45) is 0.363. The summed E-state index contributed by atoms with van der Waals surface area (Å²) in [5.74, 6) is 0. The minimum atomic E-state index is -0.381. The lowest BCUT2D eigenvalue weighted by Gasteiger charge is -2.26. The zero-order chi connectivity index (χ0) is 13.7. The van der Waals surface area contributed by atoms with E-state index in [0.717, 1.165) is 30.8 Å². The Kier molecular flexibility index (Phi) is 5.00. The highest BCUT2D eigenvalue weighted by Gasteiger charge is 2.15. The maximum Gasteiger partial charge on any atom is 0.0807 e. The fourth-order valence-electron chi connectivity index (χ4n) is 2.24. The number of aliphatic hydroxyl groups excluding tert-OH is 1. The van der Waals surface area contributed by atoms with Crippen molar-refractivity contribution in [3.8, 4) is 0 Å². The van der Waals surface area contributed by atoms with Crippen LogP contribution in [0.4, 0.5) is 5.69 Å². The number of aliphatic hydroxyl groups is 1. The van der Waals surface area contributed by atoms with E-state index in [4.69, 9.17) is 0 Å². The number of thiophene rings is 1. The molecule has 2 rings (SSSR count). The highest BCUT2D eigenvalue weighted by molar-refractivity contribution is 7.09. The monoisotopic (exact) mass is 275 g/mol. The maximum atomic E-state index is 10.2. The Labute approximate surface area is 119 Å². The van der Waals surface area contributed by atoms with Gasteiger partial charge in [0, 0.05) is 22.7 Å². The third-order valence-corrected chi connectivity index (χ3v) is 4.19. The molecule has 0 spiro atoms. The predicted octanol–water partition coefficient (Wildman–Crippen LogP) is 4.22. The Hall–Kier alpha value is -1.32. The molecule has 0 aliphatic heterocycles. The molecule has 0 saturated heterocycles. The first kappa shape index (κ1) is 14.1. The molecular weight excluding hydrogens is 254 g/mol. The van der Waals surface area contributed by atoms with E-state index in [1.54, 1.807) is 11.3 Å². The van der Waals surface area contributed by atoms with Gasteiger partial charge in [-0.2, -0.15) is 0 Å². The van der Waals surface area contributed by atoms with Crippen LogP contribution in [0.15, 0.2) is 41.8 Å². The van der Waals surface area contributed by atoms with Gasteiger partial charge in [0.15, 0.2) is 0 Å². The number of hydrogen-bond donors (Lipinski definition) is 1. The van der Waals surface area contributed by atoms with Gasteiger partial charge in [-0.1, -0.05) is 31.2 Å². The van der Waals surface area contributed by atoms with E-state index < -0.39 is 0 Å². The minimum absolute atomic E-state index is 0.381. The van der Waals surface area contributed by atoms with Crippen LogP contribution in [0, 0.1) is 0 Å². The van der Waals surface area contributed by atoms with Crippen molar-refractivity contribution < 1.29 is 5.11 Å². The van der Waals surface area contributed by atoms with Crippen molar-refractivity contribution in [1.82, 2.24) is 0 Å². The Morgan fingerprint density at radius 3 is 2.58 bits per heavy atom. The standard InChI is InChI=1S/C16H21NOS/c1-3-16(18)14-9-5-6-10-15(14)17(4-2)12-13-8-7-11-19-13/h5-11,16,18H,3-4,12H2,1-2H3/t16-/m1/s1. The van der Waals surface area contributed by atoms with Crippen LogP contribution in [-0.4, -0.2) is 11.7 Å². The number of nitrogens with zero attached hydrogens (tertiary/aromatic N) is 1. The average Bonchev–Trinajstić information content (AvgIpc) is 2.97. The summed E-state index contributed by atoms with van der Waals surface area (Å²) in [4.78, 5) is 3.67. The number of hydrogen-bond acceptors (Lipinski definition) is 3. The van der Waals surface area contributed by atoms with E-state index in [-0.39, 0.29) is 6.10 Å². The maximum absolute atomic E-state index is 10.2. The highest BCUT2D eigenvalue weighted by atomic mass is 32.1. The molecule has 0 saturated carbocycles. The van der Waals surface area contributed by atoms with E-state index >= 15 is 0 Å².